The van der Waals surface area contributed by atoms with Gasteiger partial charge in [-0.3, -0.25) is 0 Å². The van der Waals surface area contributed by atoms with E-state index < -0.39 is 5.41 Å². The zero-order valence-corrected chi connectivity index (χ0v) is 42.0. The summed E-state index contributed by atoms with van der Waals surface area (Å²) in [5.74, 6) is 2.06. The molecule has 1 aliphatic heterocycles. The van der Waals surface area contributed by atoms with Gasteiger partial charge in [0.25, 0.3) is 0 Å². The van der Waals surface area contributed by atoms with Crippen LogP contribution in [0.4, 0.5) is 22.7 Å². The number of rotatable bonds is 7. The number of nitrogens with zero attached hydrogens (tertiary/aromatic N) is 4. The van der Waals surface area contributed by atoms with Crippen LogP contribution in [-0.4, -0.2) is 9.55 Å². The number of anilines is 4. The first-order valence-electron chi connectivity index (χ1n) is 23.1. The van der Waals surface area contributed by atoms with Crippen molar-refractivity contribution in [1.82, 2.24) is 9.55 Å². The van der Waals surface area contributed by atoms with Gasteiger partial charge >= 0.3 is 0 Å². The van der Waals surface area contributed by atoms with Crippen molar-refractivity contribution in [2.45, 2.75) is 84.0 Å². The molecule has 3 heterocycles. The number of para-hydroxylation sites is 2. The SMILES string of the molecule is CC(C)(C)c1cc(N2[CH-]N(c3[c-]c(Oc4[c-]c5c6c(c4)C(c4ccccc4)(c4ccccc4)c4cccc(c46)n5-c4cc(C(C)(C)C)ccn4)ccc3)c3ccccc32)cc(C(C)(C)C)c1.[Pt]. The number of aromatic nitrogens is 2. The van der Waals surface area contributed by atoms with Gasteiger partial charge in [0, 0.05) is 66.8 Å². The molecule has 0 radical (unpaired) electrons. The van der Waals surface area contributed by atoms with Gasteiger partial charge in [0.15, 0.2) is 0 Å². The number of fused-ring (bicyclic) bond motifs is 1. The summed E-state index contributed by atoms with van der Waals surface area (Å²) in [6.45, 7) is 22.7. The molecule has 9 aromatic rings. The first-order valence-corrected chi connectivity index (χ1v) is 23.1. The molecule has 5 nitrogen and oxygen atoms in total. The Morgan fingerprint density at radius 3 is 1.75 bits per heavy atom. The fraction of sp³-hybridized carbons (Fsp3) is 0.213. The number of pyridine rings is 1. The summed E-state index contributed by atoms with van der Waals surface area (Å²) < 4.78 is 9.33. The third-order valence-electron chi connectivity index (χ3n) is 13.6. The topological polar surface area (TPSA) is 33.5 Å². The number of benzene rings is 7. The number of hydrogen-bond donors (Lipinski definition) is 0. The Bertz CT molecular complexity index is 3260. The molecule has 0 N–H and O–H groups in total. The van der Waals surface area contributed by atoms with Crippen molar-refractivity contribution < 1.29 is 25.8 Å². The van der Waals surface area contributed by atoms with Gasteiger partial charge in [-0.25, -0.2) is 4.98 Å². The van der Waals surface area contributed by atoms with E-state index >= 15 is 0 Å². The maximum Gasteiger partial charge on any atom is 0.135 e. The summed E-state index contributed by atoms with van der Waals surface area (Å²) in [6, 6.07) is 64.4. The Balaban J connectivity index is 0.00000525. The molecule has 338 valence electrons. The average molecular weight is 1060 g/mol. The Morgan fingerprint density at radius 1 is 0.522 bits per heavy atom. The van der Waals surface area contributed by atoms with Crippen molar-refractivity contribution in [3.05, 3.63) is 222 Å². The van der Waals surface area contributed by atoms with E-state index in [1.54, 1.807) is 0 Å². The summed E-state index contributed by atoms with van der Waals surface area (Å²) in [5, 5.41) is 2.37. The minimum atomic E-state index is -0.613. The molecule has 6 heteroatoms. The third-order valence-corrected chi connectivity index (χ3v) is 13.6. The molecule has 0 fully saturated rings. The average Bonchev–Trinajstić information content (AvgIpc) is 3.96. The van der Waals surface area contributed by atoms with Gasteiger partial charge in [-0.15, -0.1) is 48.3 Å². The molecular weight excluding hydrogens is 1000 g/mol. The van der Waals surface area contributed by atoms with E-state index in [2.05, 4.69) is 247 Å². The predicted octanol–water partition coefficient (Wildman–Crippen LogP) is 15.6. The summed E-state index contributed by atoms with van der Waals surface area (Å²) in [5.41, 5.74) is 14.1. The van der Waals surface area contributed by atoms with Crippen molar-refractivity contribution in [3.8, 4) is 17.3 Å². The van der Waals surface area contributed by atoms with Gasteiger partial charge in [0.1, 0.15) is 5.82 Å². The zero-order chi connectivity index (χ0) is 45.8. The molecule has 0 saturated carbocycles. The maximum atomic E-state index is 7.05. The van der Waals surface area contributed by atoms with Crippen molar-refractivity contribution in [1.29, 1.82) is 0 Å². The molecule has 0 spiro atoms. The van der Waals surface area contributed by atoms with Crippen LogP contribution in [-0.2, 0) is 42.7 Å². The van der Waals surface area contributed by atoms with Crippen molar-refractivity contribution in [3.63, 3.8) is 0 Å². The largest absolute Gasteiger partial charge is 0.509 e. The van der Waals surface area contributed by atoms with Gasteiger partial charge < -0.3 is 19.1 Å². The van der Waals surface area contributed by atoms with Crippen LogP contribution in [0.5, 0.6) is 11.5 Å². The van der Waals surface area contributed by atoms with E-state index in [0.29, 0.717) is 11.5 Å². The van der Waals surface area contributed by atoms with Crippen molar-refractivity contribution in [2.24, 2.45) is 0 Å². The van der Waals surface area contributed by atoms with E-state index in [1.165, 1.54) is 38.8 Å². The Hall–Kier alpha value is -6.42. The molecule has 0 unspecified atom stereocenters. The summed E-state index contributed by atoms with van der Waals surface area (Å²) in [4.78, 5) is 9.56. The fourth-order valence-electron chi connectivity index (χ4n) is 10.2. The first-order chi connectivity index (χ1) is 31.6. The van der Waals surface area contributed by atoms with E-state index in [1.807, 2.05) is 12.3 Å². The zero-order valence-electron chi connectivity index (χ0n) is 39.7. The Labute approximate surface area is 410 Å². The second-order valence-electron chi connectivity index (χ2n) is 21.1. The van der Waals surface area contributed by atoms with E-state index in [4.69, 9.17) is 9.72 Å². The van der Waals surface area contributed by atoms with Crippen LogP contribution in [0, 0.1) is 18.8 Å². The molecule has 0 bridgehead atoms. The van der Waals surface area contributed by atoms with Crippen LogP contribution < -0.4 is 14.5 Å². The molecule has 0 saturated heterocycles. The van der Waals surface area contributed by atoms with Gasteiger partial charge in [0.05, 0.1) is 0 Å². The molecule has 67 heavy (non-hydrogen) atoms. The molecular formula is C61H55N4OPt-3. The van der Waals surface area contributed by atoms with Gasteiger partial charge in [-0.1, -0.05) is 164 Å². The van der Waals surface area contributed by atoms with Gasteiger partial charge in [-0.2, -0.15) is 6.07 Å². The Kier molecular flexibility index (Phi) is 10.7. The van der Waals surface area contributed by atoms with E-state index in [0.717, 1.165) is 50.6 Å². The normalized spacial score (nSPS) is 14.2. The molecule has 7 aromatic carbocycles. The smallest absolute Gasteiger partial charge is 0.135 e. The second-order valence-corrected chi connectivity index (χ2v) is 21.1. The van der Waals surface area contributed by atoms with E-state index in [9.17, 15) is 0 Å². The van der Waals surface area contributed by atoms with Crippen LogP contribution in [0.25, 0.3) is 27.6 Å². The molecule has 11 rings (SSSR count). The van der Waals surface area contributed by atoms with Crippen LogP contribution in [0.15, 0.2) is 164 Å². The van der Waals surface area contributed by atoms with Gasteiger partial charge in [-0.05, 0) is 97.5 Å². The number of hydrogen-bond acceptors (Lipinski definition) is 4. The van der Waals surface area contributed by atoms with Crippen LogP contribution in [0.3, 0.4) is 0 Å². The van der Waals surface area contributed by atoms with Crippen LogP contribution in [0.2, 0.25) is 0 Å². The third kappa shape index (κ3) is 7.29. The minimum absolute atomic E-state index is 0. The maximum absolute atomic E-state index is 7.05. The molecule has 0 atom stereocenters. The summed E-state index contributed by atoms with van der Waals surface area (Å²) in [6.07, 6.45) is 1.93. The fourth-order valence-corrected chi connectivity index (χ4v) is 10.2. The Morgan fingerprint density at radius 2 is 1.12 bits per heavy atom. The molecule has 0 amide bonds. The molecule has 2 aromatic heterocycles. The first kappa shape index (κ1) is 44.4. The standard InChI is InChI=1S/C61H55N4O.Pt/c1-58(2,3)42-30-31-62-55(35-42)65-53-29-19-26-49-56(53)57-50(61(49,40-20-12-10-13-21-40)41-22-14-11-15-23-41)37-48(38-54(57)65)66-47-25-18-24-45(36-47)63-39-64(52-28-17-16-27-51(52)63)46-33-43(59(4,5)6)32-44(34-46)60(7,8)9;/h10-35,37,39H,1-9H3;/q-3;. The summed E-state index contributed by atoms with van der Waals surface area (Å²) in [7, 11) is 0. The van der Waals surface area contributed by atoms with E-state index in [-0.39, 0.29) is 37.3 Å². The molecule has 2 aliphatic rings. The van der Waals surface area contributed by atoms with Crippen LogP contribution >= 0.6 is 0 Å². The van der Waals surface area contributed by atoms with Gasteiger partial charge in [0.2, 0.25) is 0 Å². The van der Waals surface area contributed by atoms with Crippen molar-refractivity contribution in [2.75, 3.05) is 9.80 Å². The predicted molar refractivity (Wildman–Crippen MR) is 272 cm³/mol. The molecule has 1 aliphatic carbocycles. The second kappa shape index (κ2) is 16.1. The van der Waals surface area contributed by atoms with Crippen LogP contribution in [0.1, 0.15) is 101 Å². The summed E-state index contributed by atoms with van der Waals surface area (Å²) >= 11 is 0. The quantitative estimate of drug-likeness (QED) is 0.149. The number of ether oxygens (including phenoxy) is 1. The monoisotopic (exact) mass is 1050 g/mol. The minimum Gasteiger partial charge on any atom is -0.509 e. The van der Waals surface area contributed by atoms with Crippen molar-refractivity contribution >= 4 is 44.6 Å².